The number of carbonyl (C=O) groups is 5. The van der Waals surface area contributed by atoms with Gasteiger partial charge in [-0.05, 0) is 41.5 Å². The summed E-state index contributed by atoms with van der Waals surface area (Å²) in [5.74, 6) is -4.73. The molecule has 0 aliphatic heterocycles. The average molecular weight is 782 g/mol. The summed E-state index contributed by atoms with van der Waals surface area (Å²) < 4.78 is 65.3. The number of rotatable bonds is 14. The molecule has 0 heterocycles. The molecule has 0 bridgehead atoms. The maximum atomic E-state index is 14.2. The van der Waals surface area contributed by atoms with Gasteiger partial charge in [0.1, 0.15) is 12.1 Å². The molecule has 298 valence electrons. The van der Waals surface area contributed by atoms with Crippen LogP contribution >= 0.6 is 0 Å². The molecule has 17 heteroatoms. The Morgan fingerprint density at radius 2 is 1.41 bits per heavy atom. The molecule has 0 spiro atoms. The Morgan fingerprint density at radius 3 is 1.87 bits per heavy atom. The zero-order valence-electron chi connectivity index (χ0n) is 32.0. The van der Waals surface area contributed by atoms with Crippen LogP contribution in [0.25, 0.3) is 0 Å². The fourth-order valence-corrected chi connectivity index (χ4v) is 6.78. The van der Waals surface area contributed by atoms with Crippen molar-refractivity contribution in [2.45, 2.75) is 96.5 Å². The van der Waals surface area contributed by atoms with Gasteiger partial charge in [-0.1, -0.05) is 97.0 Å². The fraction of sp³-hybridized carbons (Fsp3) is 0.486. The molecular weight excluding hydrogens is 731 g/mol. The molecule has 0 aromatic heterocycles. The highest BCUT2D eigenvalue weighted by Crippen LogP contribution is 2.32. The van der Waals surface area contributed by atoms with Crippen molar-refractivity contribution in [1.29, 1.82) is 0 Å². The second-order valence-corrected chi connectivity index (χ2v) is 16.7. The molecule has 0 radical (unpaired) electrons. The third-order valence-electron chi connectivity index (χ3n) is 8.97. The second kappa shape index (κ2) is 17.5. The quantitative estimate of drug-likeness (QED) is 0.201. The number of benzene rings is 2. The second-order valence-electron chi connectivity index (χ2n) is 15.0. The van der Waals surface area contributed by atoms with Crippen molar-refractivity contribution in [1.82, 2.24) is 25.2 Å². The molecule has 54 heavy (non-hydrogen) atoms. The number of carboxylic acid groups (broad SMARTS) is 1. The maximum absolute atomic E-state index is 14.2. The van der Waals surface area contributed by atoms with Gasteiger partial charge in [-0.2, -0.15) is 13.2 Å². The summed E-state index contributed by atoms with van der Waals surface area (Å²) in [6, 6.07) is 10.2. The monoisotopic (exact) mass is 781 g/mol. The Balaban J connectivity index is 2.34. The number of nitrogens with one attached hydrogen (secondary N) is 3. The van der Waals surface area contributed by atoms with E-state index in [-0.39, 0.29) is 21.9 Å². The van der Waals surface area contributed by atoms with Gasteiger partial charge < -0.3 is 20.6 Å². The number of alkyl halides is 3. The zero-order chi connectivity index (χ0) is 41.6. The summed E-state index contributed by atoms with van der Waals surface area (Å²) in [6.07, 6.45) is -5.01. The summed E-state index contributed by atoms with van der Waals surface area (Å²) in [5, 5.41) is 14.4. The number of carbonyl (C=O) groups excluding carboxylic acids is 4. The van der Waals surface area contributed by atoms with E-state index in [1.54, 1.807) is 84.1 Å². The number of hydrogen-bond acceptors (Lipinski definition) is 7. The summed E-state index contributed by atoms with van der Waals surface area (Å²) in [4.78, 5) is 66.5. The van der Waals surface area contributed by atoms with Gasteiger partial charge in [0.15, 0.2) is 0 Å². The first-order valence-electron chi connectivity index (χ1n) is 16.9. The molecule has 0 saturated carbocycles. The SMILES string of the molecule is C/C(=C\[C@H](C(C)C)N(C)C(=O)[C@@H](NC(=O)[C@@H](N(C)C(=O)O)C(C)(C)c1ccccc1)C(C)(C)C)C(=O)NS(=O)(=O)c1ccc(CNC(=O)C(F)(F)F)cc1. The van der Waals surface area contributed by atoms with Crippen LogP contribution in [0.3, 0.4) is 0 Å². The van der Waals surface area contributed by atoms with E-state index in [2.05, 4.69) is 5.32 Å². The molecule has 2 rings (SSSR count). The van der Waals surface area contributed by atoms with E-state index >= 15 is 0 Å². The first kappa shape index (κ1) is 45.2. The average Bonchev–Trinajstić information content (AvgIpc) is 3.06. The standard InChI is InChI=1S/C37H50F3N5O8S/c1-22(2)27(20-23(3)30(46)43-54(52,53)26-18-16-24(17-19-26)21-41-33(49)37(38,39)40)44(9)32(48)28(35(4,5)6)42-31(47)29(45(10)34(50)51)36(7,8)25-14-12-11-13-15-25/h11-20,22,27-29H,21H2,1-10H3,(H,41,49)(H,42,47)(H,43,46)(H,50,51)/b23-20+/t27-,28-,29-/m1/s1. The van der Waals surface area contributed by atoms with Gasteiger partial charge in [0.25, 0.3) is 15.9 Å². The molecule has 3 atom stereocenters. The van der Waals surface area contributed by atoms with Crippen LogP contribution in [0.15, 0.2) is 71.1 Å². The fourth-order valence-electron chi connectivity index (χ4n) is 5.76. The number of nitrogens with zero attached hydrogens (tertiary/aromatic N) is 2. The zero-order valence-corrected chi connectivity index (χ0v) is 32.8. The lowest BCUT2D eigenvalue weighted by atomic mass is 9.76. The first-order valence-corrected chi connectivity index (χ1v) is 18.4. The number of amides is 5. The van der Waals surface area contributed by atoms with Gasteiger partial charge in [-0.3, -0.25) is 24.1 Å². The largest absolute Gasteiger partial charge is 0.471 e. The summed E-state index contributed by atoms with van der Waals surface area (Å²) in [7, 11) is -1.69. The highest BCUT2D eigenvalue weighted by atomic mass is 32.2. The molecule has 2 aromatic carbocycles. The van der Waals surface area contributed by atoms with Crippen molar-refractivity contribution >= 4 is 39.7 Å². The van der Waals surface area contributed by atoms with Gasteiger partial charge >= 0.3 is 18.2 Å². The molecule has 13 nitrogen and oxygen atoms in total. The van der Waals surface area contributed by atoms with Crippen molar-refractivity contribution < 1.29 is 50.7 Å². The van der Waals surface area contributed by atoms with Crippen LogP contribution in [0.4, 0.5) is 18.0 Å². The summed E-state index contributed by atoms with van der Waals surface area (Å²) in [5.41, 5.74) is -1.10. The summed E-state index contributed by atoms with van der Waals surface area (Å²) in [6.45, 7) is 13.1. The van der Waals surface area contributed by atoms with E-state index in [4.69, 9.17) is 0 Å². The van der Waals surface area contributed by atoms with Crippen molar-refractivity contribution in [2.75, 3.05) is 14.1 Å². The lowest BCUT2D eigenvalue weighted by Gasteiger charge is -2.41. The Morgan fingerprint density at radius 1 is 0.870 bits per heavy atom. The van der Waals surface area contributed by atoms with Crippen LogP contribution < -0.4 is 15.4 Å². The van der Waals surface area contributed by atoms with Crippen molar-refractivity contribution in [3.63, 3.8) is 0 Å². The third-order valence-corrected chi connectivity index (χ3v) is 10.3. The number of hydrogen-bond donors (Lipinski definition) is 4. The van der Waals surface area contributed by atoms with Crippen molar-refractivity contribution in [3.05, 3.63) is 77.4 Å². The van der Waals surface area contributed by atoms with Crippen LogP contribution in [-0.2, 0) is 41.2 Å². The number of sulfonamides is 1. The van der Waals surface area contributed by atoms with Crippen LogP contribution in [-0.4, -0.2) is 91.4 Å². The normalized spacial score (nSPS) is 14.4. The highest BCUT2D eigenvalue weighted by Gasteiger charge is 2.45. The van der Waals surface area contributed by atoms with E-state index in [1.807, 2.05) is 4.72 Å². The van der Waals surface area contributed by atoms with E-state index in [1.165, 1.54) is 44.1 Å². The minimum atomic E-state index is -5.08. The van der Waals surface area contributed by atoms with Crippen LogP contribution in [0.5, 0.6) is 0 Å². The molecule has 4 N–H and O–H groups in total. The van der Waals surface area contributed by atoms with Gasteiger partial charge in [-0.15, -0.1) is 0 Å². The Labute approximate surface area is 314 Å². The number of likely N-dealkylation sites (N-methyl/N-ethyl adjacent to an activating group) is 2. The molecule has 2 aromatic rings. The predicted molar refractivity (Wildman–Crippen MR) is 195 cm³/mol. The molecule has 0 unspecified atom stereocenters. The van der Waals surface area contributed by atoms with Gasteiger partial charge in [0.2, 0.25) is 11.8 Å². The lowest BCUT2D eigenvalue weighted by molar-refractivity contribution is -0.173. The van der Waals surface area contributed by atoms with E-state index in [0.717, 1.165) is 17.0 Å². The smallest absolute Gasteiger partial charge is 0.465 e. The van der Waals surface area contributed by atoms with Crippen LogP contribution in [0.1, 0.15) is 66.5 Å². The lowest BCUT2D eigenvalue weighted by Crippen LogP contribution is -2.62. The summed E-state index contributed by atoms with van der Waals surface area (Å²) >= 11 is 0. The molecule has 0 saturated heterocycles. The van der Waals surface area contributed by atoms with Gasteiger partial charge in [0, 0.05) is 31.6 Å². The molecule has 5 amide bonds. The topological polar surface area (TPSA) is 182 Å². The number of halogens is 3. The molecule has 0 aliphatic carbocycles. The van der Waals surface area contributed by atoms with Crippen molar-refractivity contribution in [3.8, 4) is 0 Å². The highest BCUT2D eigenvalue weighted by molar-refractivity contribution is 7.90. The molecule has 0 aliphatic rings. The predicted octanol–water partition coefficient (Wildman–Crippen LogP) is 4.59. The first-order chi connectivity index (χ1) is 24.6. The van der Waals surface area contributed by atoms with Crippen molar-refractivity contribution in [2.24, 2.45) is 11.3 Å². The maximum Gasteiger partial charge on any atom is 0.471 e. The van der Waals surface area contributed by atoms with Gasteiger partial charge in [0.05, 0.1) is 10.9 Å². The minimum Gasteiger partial charge on any atom is -0.465 e. The third kappa shape index (κ3) is 11.5. The van der Waals surface area contributed by atoms with Crippen LogP contribution in [0, 0.1) is 11.3 Å². The van der Waals surface area contributed by atoms with E-state index < -0.39 is 81.4 Å². The molecular formula is C37H50F3N5O8S. The van der Waals surface area contributed by atoms with E-state index in [9.17, 15) is 50.7 Å². The Kier molecular flexibility index (Phi) is 14.6. The Hall–Kier alpha value is -4.93. The minimum absolute atomic E-state index is 0.0625. The van der Waals surface area contributed by atoms with Crippen LogP contribution in [0.2, 0.25) is 0 Å². The Bertz CT molecular complexity index is 1820. The van der Waals surface area contributed by atoms with Gasteiger partial charge in [-0.25, -0.2) is 17.9 Å². The van der Waals surface area contributed by atoms with E-state index in [0.29, 0.717) is 5.56 Å². The molecule has 0 fully saturated rings.